The van der Waals surface area contributed by atoms with Crippen LogP contribution in [0.25, 0.3) is 0 Å². The lowest BCUT2D eigenvalue weighted by atomic mass is 10.1. The molecule has 0 bridgehead atoms. The molecule has 0 spiro atoms. The number of rotatable bonds is 6. The summed E-state index contributed by atoms with van der Waals surface area (Å²) in [5, 5.41) is 3.32. The number of anilines is 1. The van der Waals surface area contributed by atoms with Gasteiger partial charge in [-0.15, -0.1) is 0 Å². The number of hydrogen-bond acceptors (Lipinski definition) is 3. The standard InChI is InChI=1S/C14H20Cl2N2O3S/c1-9(2)10(3)17-14(19)8-18(22(4,20)21)11-5-6-12(15)13(16)7-11/h5-7,9-10H,8H2,1-4H3,(H,17,19)/t10-/m0/s1. The van der Waals surface area contributed by atoms with E-state index in [1.165, 1.54) is 18.2 Å². The summed E-state index contributed by atoms with van der Waals surface area (Å²) in [6.45, 7) is 5.50. The van der Waals surface area contributed by atoms with Gasteiger partial charge in [0.25, 0.3) is 0 Å². The van der Waals surface area contributed by atoms with Crippen molar-refractivity contribution in [1.82, 2.24) is 5.32 Å². The molecule has 1 N–H and O–H groups in total. The summed E-state index contributed by atoms with van der Waals surface area (Å²) in [6, 6.07) is 4.37. The molecule has 1 amide bonds. The molecular weight excluding hydrogens is 347 g/mol. The van der Waals surface area contributed by atoms with Crippen molar-refractivity contribution >= 4 is 44.8 Å². The lowest BCUT2D eigenvalue weighted by Crippen LogP contribution is -2.44. The molecule has 0 aliphatic carbocycles. The number of nitrogens with zero attached hydrogens (tertiary/aromatic N) is 1. The first-order valence-corrected chi connectivity index (χ1v) is 9.35. The summed E-state index contributed by atoms with van der Waals surface area (Å²) in [6.07, 6.45) is 1.04. The Morgan fingerprint density at radius 2 is 1.82 bits per heavy atom. The summed E-state index contributed by atoms with van der Waals surface area (Å²) in [7, 11) is -3.63. The van der Waals surface area contributed by atoms with Gasteiger partial charge in [0.1, 0.15) is 6.54 Å². The molecule has 0 saturated carbocycles. The summed E-state index contributed by atoms with van der Waals surface area (Å²) in [4.78, 5) is 12.1. The number of nitrogens with one attached hydrogen (secondary N) is 1. The van der Waals surface area contributed by atoms with Gasteiger partial charge in [-0.1, -0.05) is 37.0 Å². The molecule has 0 aliphatic heterocycles. The molecular formula is C14H20Cl2N2O3S. The van der Waals surface area contributed by atoms with E-state index >= 15 is 0 Å². The first-order chi connectivity index (χ1) is 10.0. The Morgan fingerprint density at radius 3 is 2.27 bits per heavy atom. The fourth-order valence-electron chi connectivity index (χ4n) is 1.64. The van der Waals surface area contributed by atoms with Crippen molar-refractivity contribution < 1.29 is 13.2 Å². The van der Waals surface area contributed by atoms with Crippen LogP contribution in [0.4, 0.5) is 5.69 Å². The predicted molar refractivity (Wildman–Crippen MR) is 91.1 cm³/mol. The fourth-order valence-corrected chi connectivity index (χ4v) is 2.78. The number of hydrogen-bond donors (Lipinski definition) is 1. The minimum atomic E-state index is -3.63. The molecule has 0 heterocycles. The highest BCUT2D eigenvalue weighted by Crippen LogP contribution is 2.28. The highest BCUT2D eigenvalue weighted by atomic mass is 35.5. The van der Waals surface area contributed by atoms with Crippen molar-refractivity contribution in [3.63, 3.8) is 0 Å². The number of carbonyl (C=O) groups excluding carboxylic acids is 1. The Labute approximate surface area is 141 Å². The van der Waals surface area contributed by atoms with Gasteiger partial charge in [0.05, 0.1) is 22.0 Å². The monoisotopic (exact) mass is 366 g/mol. The van der Waals surface area contributed by atoms with Crippen LogP contribution in [-0.2, 0) is 14.8 Å². The highest BCUT2D eigenvalue weighted by Gasteiger charge is 2.22. The Balaban J connectivity index is 3.00. The lowest BCUT2D eigenvalue weighted by molar-refractivity contribution is -0.120. The van der Waals surface area contributed by atoms with Crippen molar-refractivity contribution in [2.24, 2.45) is 5.92 Å². The second-order valence-electron chi connectivity index (χ2n) is 5.47. The zero-order valence-electron chi connectivity index (χ0n) is 12.9. The normalized spacial score (nSPS) is 13.0. The van der Waals surface area contributed by atoms with Gasteiger partial charge in [-0.2, -0.15) is 0 Å². The maximum Gasteiger partial charge on any atom is 0.240 e. The van der Waals surface area contributed by atoms with Crippen molar-refractivity contribution in [3.8, 4) is 0 Å². The lowest BCUT2D eigenvalue weighted by Gasteiger charge is -2.24. The van der Waals surface area contributed by atoms with Crippen LogP contribution in [0.2, 0.25) is 10.0 Å². The zero-order valence-corrected chi connectivity index (χ0v) is 15.3. The summed E-state index contributed by atoms with van der Waals surface area (Å²) in [5.41, 5.74) is 0.296. The molecule has 1 rings (SSSR count). The number of benzene rings is 1. The van der Waals surface area contributed by atoms with Crippen molar-refractivity contribution in [2.45, 2.75) is 26.8 Å². The van der Waals surface area contributed by atoms with Gasteiger partial charge in [-0.05, 0) is 31.0 Å². The van der Waals surface area contributed by atoms with Gasteiger partial charge in [-0.3, -0.25) is 9.10 Å². The summed E-state index contributed by atoms with van der Waals surface area (Å²) >= 11 is 11.7. The van der Waals surface area contributed by atoms with Gasteiger partial charge in [0, 0.05) is 6.04 Å². The predicted octanol–water partition coefficient (Wildman–Crippen LogP) is 2.92. The van der Waals surface area contributed by atoms with Crippen molar-refractivity contribution in [3.05, 3.63) is 28.2 Å². The van der Waals surface area contributed by atoms with Crippen LogP contribution >= 0.6 is 23.2 Å². The molecule has 0 saturated heterocycles. The molecule has 0 aromatic heterocycles. The SMILES string of the molecule is CC(C)[C@H](C)NC(=O)CN(c1ccc(Cl)c(Cl)c1)S(C)(=O)=O. The van der Waals surface area contributed by atoms with E-state index in [2.05, 4.69) is 5.32 Å². The van der Waals surface area contributed by atoms with E-state index in [4.69, 9.17) is 23.2 Å². The number of halogens is 2. The maximum atomic E-state index is 12.1. The first-order valence-electron chi connectivity index (χ1n) is 6.74. The van der Waals surface area contributed by atoms with Gasteiger partial charge in [0.15, 0.2) is 0 Å². The molecule has 1 aromatic rings. The molecule has 8 heteroatoms. The molecule has 0 unspecified atom stereocenters. The van der Waals surface area contributed by atoms with E-state index in [1.54, 1.807) is 0 Å². The Kier molecular flexibility index (Phi) is 6.52. The Hall–Kier alpha value is -0.980. The van der Waals surface area contributed by atoms with Crippen LogP contribution in [0.15, 0.2) is 18.2 Å². The fraction of sp³-hybridized carbons (Fsp3) is 0.500. The third kappa shape index (κ3) is 5.34. The third-order valence-electron chi connectivity index (χ3n) is 3.27. The second-order valence-corrected chi connectivity index (χ2v) is 8.19. The van der Waals surface area contributed by atoms with Gasteiger partial charge >= 0.3 is 0 Å². The average Bonchev–Trinajstić information content (AvgIpc) is 2.38. The van der Waals surface area contributed by atoms with Crippen molar-refractivity contribution in [1.29, 1.82) is 0 Å². The molecule has 0 aliphatic rings. The molecule has 0 fully saturated rings. The van der Waals surface area contributed by atoms with Gasteiger partial charge < -0.3 is 5.32 Å². The smallest absolute Gasteiger partial charge is 0.240 e. The van der Waals surface area contributed by atoms with E-state index in [1.807, 2.05) is 20.8 Å². The maximum absolute atomic E-state index is 12.1. The van der Waals surface area contributed by atoms with E-state index in [-0.39, 0.29) is 29.4 Å². The Morgan fingerprint density at radius 1 is 1.23 bits per heavy atom. The molecule has 0 radical (unpaired) electrons. The molecule has 5 nitrogen and oxygen atoms in total. The van der Waals surface area contributed by atoms with Crippen LogP contribution < -0.4 is 9.62 Å². The van der Waals surface area contributed by atoms with Crippen LogP contribution in [0, 0.1) is 5.92 Å². The Bertz CT molecular complexity index is 647. The molecule has 124 valence electrons. The summed E-state index contributed by atoms with van der Waals surface area (Å²) < 4.78 is 24.9. The minimum absolute atomic E-state index is 0.0530. The summed E-state index contributed by atoms with van der Waals surface area (Å²) in [5.74, 6) is -0.127. The third-order valence-corrected chi connectivity index (χ3v) is 5.15. The van der Waals surface area contributed by atoms with Crippen LogP contribution in [0.5, 0.6) is 0 Å². The average molecular weight is 367 g/mol. The van der Waals surface area contributed by atoms with Gasteiger partial charge in [0.2, 0.25) is 15.9 Å². The van der Waals surface area contributed by atoms with E-state index < -0.39 is 10.0 Å². The minimum Gasteiger partial charge on any atom is -0.352 e. The van der Waals surface area contributed by atoms with E-state index in [0.717, 1.165) is 10.6 Å². The van der Waals surface area contributed by atoms with Crippen LogP contribution in [0.1, 0.15) is 20.8 Å². The van der Waals surface area contributed by atoms with E-state index in [9.17, 15) is 13.2 Å². The highest BCUT2D eigenvalue weighted by molar-refractivity contribution is 7.92. The zero-order chi connectivity index (χ0) is 17.1. The second kappa shape index (κ2) is 7.53. The molecule has 1 aromatic carbocycles. The quantitative estimate of drug-likeness (QED) is 0.841. The number of sulfonamides is 1. The van der Waals surface area contributed by atoms with Crippen LogP contribution in [0.3, 0.4) is 0 Å². The number of carbonyl (C=O) groups is 1. The van der Waals surface area contributed by atoms with Crippen molar-refractivity contribution in [2.75, 3.05) is 17.1 Å². The van der Waals surface area contributed by atoms with Crippen LogP contribution in [-0.4, -0.2) is 33.2 Å². The molecule has 22 heavy (non-hydrogen) atoms. The van der Waals surface area contributed by atoms with Gasteiger partial charge in [-0.25, -0.2) is 8.42 Å². The topological polar surface area (TPSA) is 66.5 Å². The largest absolute Gasteiger partial charge is 0.352 e. The first kappa shape index (κ1) is 19.1. The molecule has 1 atom stereocenters. The van der Waals surface area contributed by atoms with E-state index in [0.29, 0.717) is 10.7 Å². The number of amides is 1.